The van der Waals surface area contributed by atoms with E-state index in [0.717, 1.165) is 29.7 Å². The Bertz CT molecular complexity index is 565. The number of rotatable bonds is 7. The molecule has 0 saturated carbocycles. The van der Waals surface area contributed by atoms with E-state index in [0.29, 0.717) is 0 Å². The number of nitrogens with zero attached hydrogens (tertiary/aromatic N) is 2. The molecule has 0 radical (unpaired) electrons. The molecule has 0 spiro atoms. The third-order valence-electron chi connectivity index (χ3n) is 3.51. The minimum atomic E-state index is 0.236. The van der Waals surface area contributed by atoms with Crippen molar-refractivity contribution in [1.82, 2.24) is 15.1 Å². The Morgan fingerprint density at radius 1 is 1.29 bits per heavy atom. The van der Waals surface area contributed by atoms with Crippen molar-refractivity contribution in [2.75, 3.05) is 13.7 Å². The zero-order valence-electron chi connectivity index (χ0n) is 12.8. The zero-order valence-corrected chi connectivity index (χ0v) is 14.4. The quantitative estimate of drug-likeness (QED) is 0.828. The molecule has 114 valence electrons. The molecule has 0 aliphatic rings. The average molecular weight is 352 g/mol. The van der Waals surface area contributed by atoms with E-state index in [-0.39, 0.29) is 6.04 Å². The highest BCUT2D eigenvalue weighted by Gasteiger charge is 2.19. The lowest BCUT2D eigenvalue weighted by Crippen LogP contribution is -2.26. The number of ether oxygens (including phenoxy) is 1. The van der Waals surface area contributed by atoms with Gasteiger partial charge in [0, 0.05) is 6.54 Å². The highest BCUT2D eigenvalue weighted by Crippen LogP contribution is 2.26. The maximum absolute atomic E-state index is 5.21. The number of nitrogens with one attached hydrogen (secondary N) is 1. The van der Waals surface area contributed by atoms with Crippen LogP contribution in [-0.2, 0) is 13.0 Å². The summed E-state index contributed by atoms with van der Waals surface area (Å²) < 4.78 is 8.31. The van der Waals surface area contributed by atoms with Gasteiger partial charge in [-0.2, -0.15) is 5.10 Å². The molecule has 1 aromatic carbocycles. The van der Waals surface area contributed by atoms with Gasteiger partial charge in [-0.1, -0.05) is 19.1 Å². The first-order valence-corrected chi connectivity index (χ1v) is 8.06. The van der Waals surface area contributed by atoms with Crippen molar-refractivity contribution in [3.63, 3.8) is 0 Å². The molecule has 0 bridgehead atoms. The highest BCUT2D eigenvalue weighted by molar-refractivity contribution is 9.10. The molecule has 0 fully saturated rings. The van der Waals surface area contributed by atoms with E-state index in [1.165, 1.54) is 11.3 Å². The summed E-state index contributed by atoms with van der Waals surface area (Å²) >= 11 is 3.62. The molecule has 1 unspecified atom stereocenters. The molecule has 0 amide bonds. The Labute approximate surface area is 134 Å². The number of methoxy groups -OCH3 is 1. The highest BCUT2D eigenvalue weighted by atomic mass is 79.9. The normalized spacial score (nSPS) is 12.4. The van der Waals surface area contributed by atoms with Crippen LogP contribution in [0.25, 0.3) is 0 Å². The van der Waals surface area contributed by atoms with Gasteiger partial charge in [0.05, 0.1) is 29.5 Å². The molecule has 5 heteroatoms. The van der Waals surface area contributed by atoms with Crippen LogP contribution >= 0.6 is 15.9 Å². The van der Waals surface area contributed by atoms with Crippen LogP contribution in [0.2, 0.25) is 0 Å². The minimum absolute atomic E-state index is 0.236. The summed E-state index contributed by atoms with van der Waals surface area (Å²) in [5, 5.41) is 7.97. The Balaban J connectivity index is 2.23. The van der Waals surface area contributed by atoms with Crippen molar-refractivity contribution in [1.29, 1.82) is 0 Å². The van der Waals surface area contributed by atoms with Crippen LogP contribution in [0.4, 0.5) is 0 Å². The fraction of sp³-hybridized carbons (Fsp3) is 0.438. The van der Waals surface area contributed by atoms with Crippen LogP contribution in [0.5, 0.6) is 5.75 Å². The van der Waals surface area contributed by atoms with E-state index in [4.69, 9.17) is 4.74 Å². The number of halogens is 1. The fourth-order valence-corrected chi connectivity index (χ4v) is 3.05. The Hall–Kier alpha value is -1.33. The monoisotopic (exact) mass is 351 g/mol. The third-order valence-corrected chi connectivity index (χ3v) is 4.12. The molecule has 0 aliphatic carbocycles. The van der Waals surface area contributed by atoms with Gasteiger partial charge in [-0.15, -0.1) is 0 Å². The van der Waals surface area contributed by atoms with Crippen LogP contribution < -0.4 is 10.1 Å². The van der Waals surface area contributed by atoms with Crippen molar-refractivity contribution in [3.05, 3.63) is 46.2 Å². The molecule has 0 saturated heterocycles. The van der Waals surface area contributed by atoms with Crippen molar-refractivity contribution >= 4 is 15.9 Å². The van der Waals surface area contributed by atoms with E-state index in [1.54, 1.807) is 7.11 Å². The maximum atomic E-state index is 5.21. The maximum Gasteiger partial charge on any atom is 0.118 e. The molecule has 1 N–H and O–H groups in total. The van der Waals surface area contributed by atoms with Gasteiger partial charge >= 0.3 is 0 Å². The van der Waals surface area contributed by atoms with Gasteiger partial charge in [-0.25, -0.2) is 0 Å². The molecular formula is C16H22BrN3O. The molecule has 0 aliphatic heterocycles. The molecular weight excluding hydrogens is 330 g/mol. The van der Waals surface area contributed by atoms with E-state index >= 15 is 0 Å². The number of aryl methyl sites for hydroxylation is 1. The Kier molecular flexibility index (Phi) is 5.82. The number of benzene rings is 1. The van der Waals surface area contributed by atoms with Crippen LogP contribution in [0.3, 0.4) is 0 Å². The van der Waals surface area contributed by atoms with Crippen molar-refractivity contribution in [2.45, 2.75) is 32.9 Å². The summed E-state index contributed by atoms with van der Waals surface area (Å²) in [7, 11) is 1.69. The van der Waals surface area contributed by atoms with E-state index < -0.39 is 0 Å². The van der Waals surface area contributed by atoms with Gasteiger partial charge < -0.3 is 10.1 Å². The number of hydrogen-bond acceptors (Lipinski definition) is 3. The molecule has 1 atom stereocenters. The molecule has 1 heterocycles. The summed E-state index contributed by atoms with van der Waals surface area (Å²) in [6, 6.07) is 8.47. The molecule has 21 heavy (non-hydrogen) atoms. The largest absolute Gasteiger partial charge is 0.497 e. The second-order valence-corrected chi connectivity index (χ2v) is 5.71. The standard InChI is InChI=1S/C16H22BrN3O/c1-4-18-15(16-14(17)11-19-20(16)5-2)10-12-6-8-13(21-3)9-7-12/h6-9,11,15,18H,4-5,10H2,1-3H3. The smallest absolute Gasteiger partial charge is 0.118 e. The van der Waals surface area contributed by atoms with E-state index in [1.807, 2.05) is 23.0 Å². The van der Waals surface area contributed by atoms with Crippen molar-refractivity contribution in [2.24, 2.45) is 0 Å². The van der Waals surface area contributed by atoms with Gasteiger partial charge in [-0.3, -0.25) is 4.68 Å². The van der Waals surface area contributed by atoms with Gasteiger partial charge in [-0.05, 0) is 53.5 Å². The first-order chi connectivity index (χ1) is 10.2. The van der Waals surface area contributed by atoms with Crippen LogP contribution in [0, 0.1) is 0 Å². The van der Waals surface area contributed by atoms with Gasteiger partial charge in [0.1, 0.15) is 5.75 Å². The fourth-order valence-electron chi connectivity index (χ4n) is 2.48. The first-order valence-electron chi connectivity index (χ1n) is 7.27. The van der Waals surface area contributed by atoms with E-state index in [9.17, 15) is 0 Å². The summed E-state index contributed by atoms with van der Waals surface area (Å²) in [5.74, 6) is 0.888. The van der Waals surface area contributed by atoms with Gasteiger partial charge in [0.2, 0.25) is 0 Å². The number of likely N-dealkylation sites (N-methyl/N-ethyl adjacent to an activating group) is 1. The lowest BCUT2D eigenvalue weighted by atomic mass is 10.0. The van der Waals surface area contributed by atoms with Crippen LogP contribution in [0.15, 0.2) is 34.9 Å². The minimum Gasteiger partial charge on any atom is -0.497 e. The zero-order chi connectivity index (χ0) is 15.2. The predicted octanol–water partition coefficient (Wildman–Crippen LogP) is 3.57. The van der Waals surface area contributed by atoms with Crippen molar-refractivity contribution < 1.29 is 4.74 Å². The number of aromatic nitrogens is 2. The van der Waals surface area contributed by atoms with Gasteiger partial charge in [0.15, 0.2) is 0 Å². The van der Waals surface area contributed by atoms with Gasteiger partial charge in [0.25, 0.3) is 0 Å². The summed E-state index contributed by atoms with van der Waals surface area (Å²) in [6.45, 7) is 6.02. The lowest BCUT2D eigenvalue weighted by molar-refractivity contribution is 0.414. The summed E-state index contributed by atoms with van der Waals surface area (Å²) in [5.41, 5.74) is 2.48. The van der Waals surface area contributed by atoms with E-state index in [2.05, 4.69) is 52.3 Å². The first kappa shape index (κ1) is 16.0. The summed E-state index contributed by atoms with van der Waals surface area (Å²) in [6.07, 6.45) is 2.79. The molecule has 1 aromatic heterocycles. The lowest BCUT2D eigenvalue weighted by Gasteiger charge is -2.20. The SMILES string of the molecule is CCNC(Cc1ccc(OC)cc1)c1c(Br)cnn1CC. The molecule has 4 nitrogen and oxygen atoms in total. The molecule has 2 rings (SSSR count). The topological polar surface area (TPSA) is 39.1 Å². The average Bonchev–Trinajstić information content (AvgIpc) is 2.88. The van der Waals surface area contributed by atoms with Crippen molar-refractivity contribution in [3.8, 4) is 5.75 Å². The predicted molar refractivity (Wildman–Crippen MR) is 88.7 cm³/mol. The summed E-state index contributed by atoms with van der Waals surface area (Å²) in [4.78, 5) is 0. The molecule has 2 aromatic rings. The Morgan fingerprint density at radius 3 is 2.57 bits per heavy atom. The second-order valence-electron chi connectivity index (χ2n) is 4.86. The third kappa shape index (κ3) is 3.86. The van der Waals surface area contributed by atoms with Crippen LogP contribution in [-0.4, -0.2) is 23.4 Å². The number of hydrogen-bond donors (Lipinski definition) is 1. The second kappa shape index (κ2) is 7.61. The Morgan fingerprint density at radius 2 is 2.00 bits per heavy atom. The van der Waals surface area contributed by atoms with Crippen LogP contribution in [0.1, 0.15) is 31.1 Å².